The number of amides is 1. The molecule has 1 saturated carbocycles. The molecule has 160 valence electrons. The predicted octanol–water partition coefficient (Wildman–Crippen LogP) is 3.79. The summed E-state index contributed by atoms with van der Waals surface area (Å²) >= 11 is 0. The van der Waals surface area contributed by atoms with Gasteiger partial charge in [0.2, 0.25) is 5.91 Å². The topological polar surface area (TPSA) is 72.5 Å². The maximum atomic E-state index is 12.9. The molecule has 1 amide bonds. The zero-order valence-electron chi connectivity index (χ0n) is 17.2. The van der Waals surface area contributed by atoms with Crippen molar-refractivity contribution in [3.05, 3.63) is 28.8 Å². The number of nitrogens with one attached hydrogen (secondary N) is 1. The summed E-state index contributed by atoms with van der Waals surface area (Å²) < 4.78 is 41.9. The molecule has 1 aliphatic rings. The van der Waals surface area contributed by atoms with Crippen molar-refractivity contribution < 1.29 is 32.3 Å². The average Bonchev–Trinajstić information content (AvgIpc) is 2.77. The molecule has 2 unspecified atom stereocenters. The molecule has 0 saturated heterocycles. The first-order chi connectivity index (χ1) is 13.2. The van der Waals surface area contributed by atoms with Crippen molar-refractivity contribution in [2.45, 2.75) is 65.1 Å². The standard InChI is InChI=1S/C21H26F3NO4/c1-11-6-14(29-10-21(22,23)24)7-12(2)17(11)18-15(26)8-13(19(18)28)9-16(27)25-20(3,4)5/h6-7,13,18H,8-10H2,1-5H3,(H,25,27). The number of aryl methyl sites for hydroxylation is 2. The van der Waals surface area contributed by atoms with Crippen LogP contribution in [-0.2, 0) is 14.4 Å². The lowest BCUT2D eigenvalue weighted by Crippen LogP contribution is -2.41. The third-order valence-electron chi connectivity index (χ3n) is 4.66. The molecule has 0 bridgehead atoms. The molecular weight excluding hydrogens is 387 g/mol. The van der Waals surface area contributed by atoms with Crippen LogP contribution in [0, 0.1) is 19.8 Å². The van der Waals surface area contributed by atoms with Crippen LogP contribution in [0.5, 0.6) is 5.75 Å². The van der Waals surface area contributed by atoms with Gasteiger partial charge < -0.3 is 10.1 Å². The van der Waals surface area contributed by atoms with Crippen molar-refractivity contribution in [3.8, 4) is 5.75 Å². The number of benzene rings is 1. The predicted molar refractivity (Wildman–Crippen MR) is 101 cm³/mol. The molecule has 1 aliphatic carbocycles. The van der Waals surface area contributed by atoms with Crippen LogP contribution in [0.25, 0.3) is 0 Å². The van der Waals surface area contributed by atoms with E-state index in [1.165, 1.54) is 12.1 Å². The van der Waals surface area contributed by atoms with Crippen molar-refractivity contribution >= 4 is 17.5 Å². The van der Waals surface area contributed by atoms with Crippen LogP contribution in [0.1, 0.15) is 56.2 Å². The maximum absolute atomic E-state index is 12.9. The van der Waals surface area contributed by atoms with Gasteiger partial charge in [0, 0.05) is 24.3 Å². The van der Waals surface area contributed by atoms with E-state index in [9.17, 15) is 27.6 Å². The summed E-state index contributed by atoms with van der Waals surface area (Å²) in [6.45, 7) is 7.31. The minimum Gasteiger partial charge on any atom is -0.484 e. The lowest BCUT2D eigenvalue weighted by molar-refractivity contribution is -0.153. The minimum absolute atomic E-state index is 0.0216. The van der Waals surface area contributed by atoms with E-state index < -0.39 is 30.2 Å². The Labute approximate surface area is 168 Å². The van der Waals surface area contributed by atoms with Crippen molar-refractivity contribution in [1.82, 2.24) is 5.32 Å². The molecule has 1 N–H and O–H groups in total. The zero-order chi connectivity index (χ0) is 22.1. The number of carbonyl (C=O) groups is 3. The van der Waals surface area contributed by atoms with Gasteiger partial charge in [-0.25, -0.2) is 0 Å². The first kappa shape index (κ1) is 22.9. The largest absolute Gasteiger partial charge is 0.484 e. The smallest absolute Gasteiger partial charge is 0.422 e. The van der Waals surface area contributed by atoms with Gasteiger partial charge in [-0.1, -0.05) is 0 Å². The molecule has 5 nitrogen and oxygen atoms in total. The number of carbonyl (C=O) groups excluding carboxylic acids is 3. The van der Waals surface area contributed by atoms with Crippen molar-refractivity contribution in [2.24, 2.45) is 5.92 Å². The van der Waals surface area contributed by atoms with Gasteiger partial charge in [0.1, 0.15) is 17.5 Å². The Hall–Kier alpha value is -2.38. The van der Waals surface area contributed by atoms with Crippen molar-refractivity contribution in [1.29, 1.82) is 0 Å². The van der Waals surface area contributed by atoms with Crippen molar-refractivity contribution in [2.75, 3.05) is 6.61 Å². The number of ether oxygens (including phenoxy) is 1. The molecule has 1 fully saturated rings. The van der Waals surface area contributed by atoms with E-state index in [-0.39, 0.29) is 36.1 Å². The number of hydrogen-bond donors (Lipinski definition) is 1. The van der Waals surface area contributed by atoms with E-state index in [4.69, 9.17) is 4.74 Å². The number of ketones is 2. The summed E-state index contributed by atoms with van der Waals surface area (Å²) in [7, 11) is 0. The fraction of sp³-hybridized carbons (Fsp3) is 0.571. The molecule has 1 aromatic carbocycles. The van der Waals surface area contributed by atoms with Crippen LogP contribution in [0.4, 0.5) is 13.2 Å². The number of hydrogen-bond acceptors (Lipinski definition) is 4. The molecule has 29 heavy (non-hydrogen) atoms. The lowest BCUT2D eigenvalue weighted by Gasteiger charge is -2.21. The van der Waals surface area contributed by atoms with Gasteiger partial charge in [-0.05, 0) is 63.4 Å². The van der Waals surface area contributed by atoms with E-state index in [0.717, 1.165) is 0 Å². The van der Waals surface area contributed by atoms with Crippen LogP contribution < -0.4 is 10.1 Å². The third kappa shape index (κ3) is 6.05. The van der Waals surface area contributed by atoms with E-state index in [2.05, 4.69) is 5.32 Å². The van der Waals surface area contributed by atoms with Crippen LogP contribution in [0.2, 0.25) is 0 Å². The third-order valence-corrected chi connectivity index (χ3v) is 4.66. The van der Waals surface area contributed by atoms with Crippen LogP contribution >= 0.6 is 0 Å². The zero-order valence-corrected chi connectivity index (χ0v) is 17.2. The van der Waals surface area contributed by atoms with Crippen LogP contribution in [-0.4, -0.2) is 35.8 Å². The molecule has 0 aliphatic heterocycles. The fourth-order valence-electron chi connectivity index (χ4n) is 3.66. The van der Waals surface area contributed by atoms with Crippen molar-refractivity contribution in [3.63, 3.8) is 0 Å². The summed E-state index contributed by atoms with van der Waals surface area (Å²) in [6.07, 6.45) is -4.55. The van der Waals surface area contributed by atoms with Gasteiger partial charge in [0.25, 0.3) is 0 Å². The summed E-state index contributed by atoms with van der Waals surface area (Å²) in [6, 6.07) is 2.79. The summed E-state index contributed by atoms with van der Waals surface area (Å²) in [5.41, 5.74) is 1.06. The normalized spacial score (nSPS) is 20.1. The van der Waals surface area contributed by atoms with Gasteiger partial charge >= 0.3 is 6.18 Å². The second-order valence-corrected chi connectivity index (χ2v) is 8.58. The molecule has 0 heterocycles. The number of alkyl halides is 3. The SMILES string of the molecule is Cc1cc(OCC(F)(F)F)cc(C)c1C1C(=O)CC(CC(=O)NC(C)(C)C)C1=O. The molecular formula is C21H26F3NO4. The first-order valence-corrected chi connectivity index (χ1v) is 9.36. The van der Waals surface area contributed by atoms with Crippen LogP contribution in [0.3, 0.4) is 0 Å². The highest BCUT2D eigenvalue weighted by atomic mass is 19.4. The number of halogens is 3. The van der Waals surface area contributed by atoms with E-state index in [1.54, 1.807) is 13.8 Å². The number of Topliss-reactive ketones (excluding diaryl/α,β-unsaturated/α-hetero) is 2. The fourth-order valence-corrected chi connectivity index (χ4v) is 3.66. The summed E-state index contributed by atoms with van der Waals surface area (Å²) in [4.78, 5) is 37.6. The summed E-state index contributed by atoms with van der Waals surface area (Å²) in [5, 5.41) is 2.78. The Morgan fingerprint density at radius 2 is 1.69 bits per heavy atom. The Kier molecular flexibility index (Phi) is 6.45. The van der Waals surface area contributed by atoms with Crippen LogP contribution in [0.15, 0.2) is 12.1 Å². The van der Waals surface area contributed by atoms with Gasteiger partial charge in [0.15, 0.2) is 12.4 Å². The second-order valence-electron chi connectivity index (χ2n) is 8.58. The van der Waals surface area contributed by atoms with E-state index >= 15 is 0 Å². The molecule has 0 spiro atoms. The molecule has 2 rings (SSSR count). The van der Waals surface area contributed by atoms with Gasteiger partial charge in [-0.3, -0.25) is 14.4 Å². The molecule has 8 heteroatoms. The lowest BCUT2D eigenvalue weighted by atomic mass is 9.87. The second kappa shape index (κ2) is 8.16. The molecule has 0 aromatic heterocycles. The van der Waals surface area contributed by atoms with Gasteiger partial charge in [-0.2, -0.15) is 13.2 Å². The quantitative estimate of drug-likeness (QED) is 0.746. The Morgan fingerprint density at radius 1 is 1.14 bits per heavy atom. The molecule has 0 radical (unpaired) electrons. The maximum Gasteiger partial charge on any atom is 0.422 e. The Balaban J connectivity index is 2.20. The minimum atomic E-state index is -4.46. The molecule has 1 aromatic rings. The average molecular weight is 413 g/mol. The summed E-state index contributed by atoms with van der Waals surface area (Å²) in [5.74, 6) is -2.57. The Morgan fingerprint density at radius 3 is 2.17 bits per heavy atom. The van der Waals surface area contributed by atoms with Gasteiger partial charge in [0.05, 0.1) is 0 Å². The van der Waals surface area contributed by atoms with Gasteiger partial charge in [-0.15, -0.1) is 0 Å². The molecule has 2 atom stereocenters. The highest BCUT2D eigenvalue weighted by molar-refractivity contribution is 6.15. The highest BCUT2D eigenvalue weighted by Gasteiger charge is 2.44. The highest BCUT2D eigenvalue weighted by Crippen LogP contribution is 2.38. The monoisotopic (exact) mass is 413 g/mol. The first-order valence-electron chi connectivity index (χ1n) is 9.36. The Bertz CT molecular complexity index is 801. The number of rotatable bonds is 5. The van der Waals surface area contributed by atoms with E-state index in [0.29, 0.717) is 16.7 Å². The van der Waals surface area contributed by atoms with E-state index in [1.807, 2.05) is 20.8 Å².